The lowest BCUT2D eigenvalue weighted by atomic mass is 10.2. The predicted molar refractivity (Wildman–Crippen MR) is 72.7 cm³/mol. The molecule has 1 fully saturated rings. The van der Waals surface area contributed by atoms with Crippen molar-refractivity contribution >= 4 is 11.8 Å². The van der Waals surface area contributed by atoms with Crippen LogP contribution in [0, 0.1) is 0 Å². The van der Waals surface area contributed by atoms with Crippen molar-refractivity contribution in [3.8, 4) is 0 Å². The summed E-state index contributed by atoms with van der Waals surface area (Å²) < 4.78 is 35.2. The second kappa shape index (κ2) is 7.40. The molecular weight excluding hydrogens is 288 g/mol. The highest BCUT2D eigenvalue weighted by Crippen LogP contribution is 2.22. The van der Waals surface area contributed by atoms with Gasteiger partial charge in [0, 0.05) is 12.6 Å². The molecule has 0 unspecified atom stereocenters. The number of hydrogen-bond donors (Lipinski definition) is 1. The normalized spacial score (nSPS) is 24.4. The Morgan fingerprint density at radius 1 is 1.45 bits per heavy atom. The van der Waals surface area contributed by atoms with Gasteiger partial charge in [-0.15, -0.1) is 0 Å². The maximum Gasteiger partial charge on any atom is 0.284 e. The number of alkyl halides is 2. The number of aliphatic hydroxyl groups excluding tert-OH is 1. The lowest BCUT2D eigenvalue weighted by Crippen LogP contribution is -2.48. The van der Waals surface area contributed by atoms with Crippen LogP contribution in [0.4, 0.5) is 8.78 Å². The van der Waals surface area contributed by atoms with Crippen molar-refractivity contribution in [1.82, 2.24) is 4.90 Å². The van der Waals surface area contributed by atoms with Crippen molar-refractivity contribution in [2.75, 3.05) is 19.8 Å². The van der Waals surface area contributed by atoms with Crippen molar-refractivity contribution in [3.63, 3.8) is 0 Å². The van der Waals surface area contributed by atoms with Gasteiger partial charge in [-0.1, -0.05) is 11.8 Å². The van der Waals surface area contributed by atoms with Gasteiger partial charge >= 0.3 is 0 Å². The van der Waals surface area contributed by atoms with Crippen LogP contribution in [0.1, 0.15) is 18.4 Å². The number of morpholine rings is 1. The predicted octanol–water partition coefficient (Wildman–Crippen LogP) is 2.32. The molecule has 1 aliphatic rings. The summed E-state index contributed by atoms with van der Waals surface area (Å²) in [5.74, 6) is -0.895. The van der Waals surface area contributed by atoms with Crippen molar-refractivity contribution in [2.45, 2.75) is 37.1 Å². The Balaban J connectivity index is 1.88. The molecule has 2 heterocycles. The SMILES string of the molecule is C[C@H]1CO[C@H](CO)CN1Cc1ccc(CSC(F)F)o1. The fourth-order valence-electron chi connectivity index (χ4n) is 2.14. The third kappa shape index (κ3) is 4.44. The van der Waals surface area contributed by atoms with Crippen molar-refractivity contribution in [3.05, 3.63) is 23.7 Å². The summed E-state index contributed by atoms with van der Waals surface area (Å²) in [5, 5.41) is 9.14. The minimum Gasteiger partial charge on any atom is -0.464 e. The van der Waals surface area contributed by atoms with Crippen LogP contribution < -0.4 is 0 Å². The van der Waals surface area contributed by atoms with E-state index in [1.807, 2.05) is 13.0 Å². The Morgan fingerprint density at radius 2 is 2.20 bits per heavy atom. The zero-order valence-corrected chi connectivity index (χ0v) is 12.1. The first-order valence-electron chi connectivity index (χ1n) is 6.52. The van der Waals surface area contributed by atoms with E-state index in [1.165, 1.54) is 0 Å². The molecule has 0 aromatic carbocycles. The third-order valence-corrected chi connectivity index (χ3v) is 3.97. The number of ether oxygens (including phenoxy) is 1. The molecule has 1 aromatic heterocycles. The molecule has 1 aliphatic heterocycles. The van der Waals surface area contributed by atoms with E-state index >= 15 is 0 Å². The molecule has 114 valence electrons. The largest absolute Gasteiger partial charge is 0.464 e. The van der Waals surface area contributed by atoms with Crippen molar-refractivity contribution in [2.24, 2.45) is 0 Å². The fourth-order valence-corrected chi connectivity index (χ4v) is 2.58. The van der Waals surface area contributed by atoms with Crippen LogP contribution in [0.15, 0.2) is 16.5 Å². The number of thioether (sulfide) groups is 1. The molecule has 0 amide bonds. The molecular formula is C13H19F2NO3S. The van der Waals surface area contributed by atoms with Gasteiger partial charge in [0.05, 0.1) is 31.6 Å². The first kappa shape index (κ1) is 15.8. The Kier molecular flexibility index (Phi) is 5.83. The van der Waals surface area contributed by atoms with Crippen molar-refractivity contribution < 1.29 is 23.0 Å². The van der Waals surface area contributed by atoms with E-state index in [0.717, 1.165) is 5.76 Å². The Labute approximate surface area is 121 Å². The molecule has 1 N–H and O–H groups in total. The highest BCUT2D eigenvalue weighted by Gasteiger charge is 2.26. The molecule has 1 aromatic rings. The Bertz CT molecular complexity index is 416. The summed E-state index contributed by atoms with van der Waals surface area (Å²) in [6.45, 7) is 3.85. The summed E-state index contributed by atoms with van der Waals surface area (Å²) >= 11 is 0.555. The Morgan fingerprint density at radius 3 is 2.90 bits per heavy atom. The highest BCUT2D eigenvalue weighted by molar-refractivity contribution is 7.98. The minimum atomic E-state index is -2.38. The molecule has 4 nitrogen and oxygen atoms in total. The second-order valence-electron chi connectivity index (χ2n) is 4.86. The Hall–Kier alpha value is -0.630. The summed E-state index contributed by atoms with van der Waals surface area (Å²) in [6, 6.07) is 3.79. The monoisotopic (exact) mass is 307 g/mol. The number of furan rings is 1. The maximum atomic E-state index is 12.1. The summed E-state index contributed by atoms with van der Waals surface area (Å²) in [4.78, 5) is 2.16. The average molecular weight is 307 g/mol. The lowest BCUT2D eigenvalue weighted by molar-refractivity contribution is -0.0820. The van der Waals surface area contributed by atoms with Gasteiger partial charge in [0.15, 0.2) is 0 Å². The molecule has 2 atom stereocenters. The van der Waals surface area contributed by atoms with Gasteiger partial charge < -0.3 is 14.3 Å². The van der Waals surface area contributed by atoms with Gasteiger partial charge in [-0.05, 0) is 19.1 Å². The highest BCUT2D eigenvalue weighted by atomic mass is 32.2. The van der Waals surface area contributed by atoms with Crippen LogP contribution in [0.5, 0.6) is 0 Å². The van der Waals surface area contributed by atoms with Crippen LogP contribution in [-0.4, -0.2) is 47.7 Å². The summed E-state index contributed by atoms with van der Waals surface area (Å²) in [6.07, 6.45) is -0.171. The molecule has 0 aliphatic carbocycles. The number of halogens is 2. The molecule has 2 rings (SSSR count). The summed E-state index contributed by atoms with van der Waals surface area (Å²) in [7, 11) is 0. The number of rotatable bonds is 6. The minimum absolute atomic E-state index is 0.00233. The lowest BCUT2D eigenvalue weighted by Gasteiger charge is -2.36. The van der Waals surface area contributed by atoms with Crippen LogP contribution in [0.3, 0.4) is 0 Å². The van der Waals surface area contributed by atoms with Gasteiger partial charge in [-0.3, -0.25) is 4.90 Å². The number of hydrogen-bond acceptors (Lipinski definition) is 5. The average Bonchev–Trinajstić information content (AvgIpc) is 2.86. The third-order valence-electron chi connectivity index (χ3n) is 3.27. The van der Waals surface area contributed by atoms with Gasteiger partial charge in [0.1, 0.15) is 11.5 Å². The van der Waals surface area contributed by atoms with Gasteiger partial charge in [-0.25, -0.2) is 0 Å². The van der Waals surface area contributed by atoms with Gasteiger partial charge in [0.25, 0.3) is 5.76 Å². The first-order valence-corrected chi connectivity index (χ1v) is 7.57. The van der Waals surface area contributed by atoms with Gasteiger partial charge in [-0.2, -0.15) is 8.78 Å². The molecule has 0 saturated carbocycles. The zero-order chi connectivity index (χ0) is 14.5. The van der Waals surface area contributed by atoms with E-state index in [-0.39, 0.29) is 24.5 Å². The van der Waals surface area contributed by atoms with Crippen LogP contribution in [0.25, 0.3) is 0 Å². The quantitative estimate of drug-likeness (QED) is 0.874. The second-order valence-corrected chi connectivity index (χ2v) is 5.83. The van der Waals surface area contributed by atoms with Crippen LogP contribution >= 0.6 is 11.8 Å². The molecule has 0 spiro atoms. The summed E-state index contributed by atoms with van der Waals surface area (Å²) in [5.41, 5.74) is 0. The molecule has 0 bridgehead atoms. The van der Waals surface area contributed by atoms with E-state index in [4.69, 9.17) is 14.3 Å². The fraction of sp³-hybridized carbons (Fsp3) is 0.692. The number of nitrogens with zero attached hydrogens (tertiary/aromatic N) is 1. The van der Waals surface area contributed by atoms with Gasteiger partial charge in [0.2, 0.25) is 0 Å². The van der Waals surface area contributed by atoms with Crippen LogP contribution in [-0.2, 0) is 17.0 Å². The first-order chi connectivity index (χ1) is 9.58. The molecule has 1 saturated heterocycles. The van der Waals surface area contributed by atoms with E-state index in [1.54, 1.807) is 6.07 Å². The van der Waals surface area contributed by atoms with E-state index in [0.29, 0.717) is 37.2 Å². The van der Waals surface area contributed by atoms with E-state index < -0.39 is 5.76 Å². The van der Waals surface area contributed by atoms with E-state index in [2.05, 4.69) is 4.90 Å². The standard InChI is InChI=1S/C13H19F2NO3S/c1-9-7-18-12(6-17)5-16(9)4-10-2-3-11(19-10)8-20-13(14)15/h2-3,9,12-13,17H,4-8H2,1H3/t9-,12-/m0/s1. The molecule has 7 heteroatoms. The number of aliphatic hydroxyl groups is 1. The van der Waals surface area contributed by atoms with E-state index in [9.17, 15) is 8.78 Å². The topological polar surface area (TPSA) is 45.8 Å². The maximum absolute atomic E-state index is 12.1. The zero-order valence-electron chi connectivity index (χ0n) is 11.3. The molecule has 20 heavy (non-hydrogen) atoms. The van der Waals surface area contributed by atoms with Crippen molar-refractivity contribution in [1.29, 1.82) is 0 Å². The smallest absolute Gasteiger partial charge is 0.284 e. The molecule has 0 radical (unpaired) electrons. The van der Waals surface area contributed by atoms with Crippen LogP contribution in [0.2, 0.25) is 0 Å².